The standard InChI is InChI=1S/C20H22N2O3/c1-25-17-10-5-9-16(13-17)20(24)21-18(15-7-3-2-4-8-15)14-22-12-6-11-19(22)23/h2-5,7-10,13,18H,6,11-12,14H2,1H3,(H,21,24)/t18-/m1/s1. The number of methoxy groups -OCH3 is 1. The summed E-state index contributed by atoms with van der Waals surface area (Å²) in [6.45, 7) is 1.23. The van der Waals surface area contributed by atoms with Crippen LogP contribution < -0.4 is 10.1 Å². The molecule has 3 rings (SSSR count). The van der Waals surface area contributed by atoms with Gasteiger partial charge in [0, 0.05) is 25.1 Å². The van der Waals surface area contributed by atoms with Crippen LogP contribution in [0.3, 0.4) is 0 Å². The van der Waals surface area contributed by atoms with Gasteiger partial charge in [0.25, 0.3) is 5.91 Å². The third kappa shape index (κ3) is 4.18. The zero-order valence-electron chi connectivity index (χ0n) is 14.3. The molecule has 1 saturated heterocycles. The molecule has 2 aromatic carbocycles. The summed E-state index contributed by atoms with van der Waals surface area (Å²) in [5, 5.41) is 3.06. The third-order valence-corrected chi connectivity index (χ3v) is 4.41. The molecule has 2 aromatic rings. The molecule has 1 heterocycles. The highest BCUT2D eigenvalue weighted by Crippen LogP contribution is 2.20. The Morgan fingerprint density at radius 1 is 1.20 bits per heavy atom. The number of benzene rings is 2. The maximum atomic E-state index is 12.7. The molecule has 130 valence electrons. The molecule has 0 saturated carbocycles. The number of amides is 2. The molecule has 1 atom stereocenters. The average molecular weight is 338 g/mol. The first-order chi connectivity index (χ1) is 12.2. The van der Waals surface area contributed by atoms with Gasteiger partial charge in [-0.3, -0.25) is 9.59 Å². The van der Waals surface area contributed by atoms with E-state index in [9.17, 15) is 9.59 Å². The Bertz CT molecular complexity index is 746. The number of ether oxygens (including phenoxy) is 1. The summed E-state index contributed by atoms with van der Waals surface area (Å²) in [6, 6.07) is 16.5. The number of hydrogen-bond acceptors (Lipinski definition) is 3. The minimum absolute atomic E-state index is 0.150. The lowest BCUT2D eigenvalue weighted by Gasteiger charge is -2.25. The summed E-state index contributed by atoms with van der Waals surface area (Å²) in [5.74, 6) is 0.606. The molecule has 1 fully saturated rings. The van der Waals surface area contributed by atoms with Crippen LogP contribution in [0, 0.1) is 0 Å². The fraction of sp³-hybridized carbons (Fsp3) is 0.300. The average Bonchev–Trinajstić information content (AvgIpc) is 3.06. The van der Waals surface area contributed by atoms with Crippen LogP contribution in [0.25, 0.3) is 0 Å². The molecule has 1 aliphatic heterocycles. The smallest absolute Gasteiger partial charge is 0.251 e. The molecule has 0 aliphatic carbocycles. The Balaban J connectivity index is 1.79. The minimum atomic E-state index is -0.248. The van der Waals surface area contributed by atoms with E-state index in [4.69, 9.17) is 4.74 Å². The Morgan fingerprint density at radius 3 is 2.68 bits per heavy atom. The van der Waals surface area contributed by atoms with Gasteiger partial charge in [-0.15, -0.1) is 0 Å². The van der Waals surface area contributed by atoms with Crippen LogP contribution in [-0.2, 0) is 4.79 Å². The maximum Gasteiger partial charge on any atom is 0.251 e. The van der Waals surface area contributed by atoms with E-state index in [0.29, 0.717) is 24.3 Å². The van der Waals surface area contributed by atoms with Crippen LogP contribution in [-0.4, -0.2) is 36.9 Å². The first-order valence-electron chi connectivity index (χ1n) is 8.45. The van der Waals surface area contributed by atoms with Crippen molar-refractivity contribution in [2.24, 2.45) is 0 Å². The predicted octanol–water partition coefficient (Wildman–Crippen LogP) is 2.79. The number of likely N-dealkylation sites (tertiary alicyclic amines) is 1. The van der Waals surface area contributed by atoms with Crippen LogP contribution >= 0.6 is 0 Å². The normalized spacial score (nSPS) is 15.1. The van der Waals surface area contributed by atoms with Crippen LogP contribution in [0.5, 0.6) is 5.75 Å². The summed E-state index contributed by atoms with van der Waals surface area (Å²) < 4.78 is 5.18. The highest BCUT2D eigenvalue weighted by molar-refractivity contribution is 5.94. The van der Waals surface area contributed by atoms with Gasteiger partial charge in [0.2, 0.25) is 5.91 Å². The minimum Gasteiger partial charge on any atom is -0.497 e. The zero-order chi connectivity index (χ0) is 17.6. The molecule has 2 amide bonds. The molecular formula is C20H22N2O3. The quantitative estimate of drug-likeness (QED) is 0.881. The topological polar surface area (TPSA) is 58.6 Å². The van der Waals surface area contributed by atoms with Gasteiger partial charge in [-0.2, -0.15) is 0 Å². The van der Waals surface area contributed by atoms with Crippen LogP contribution in [0.4, 0.5) is 0 Å². The molecule has 25 heavy (non-hydrogen) atoms. The third-order valence-electron chi connectivity index (χ3n) is 4.41. The lowest BCUT2D eigenvalue weighted by atomic mass is 10.1. The van der Waals surface area contributed by atoms with Gasteiger partial charge in [-0.25, -0.2) is 0 Å². The van der Waals surface area contributed by atoms with Gasteiger partial charge in [0.05, 0.1) is 13.2 Å². The van der Waals surface area contributed by atoms with Crippen LogP contribution in [0.15, 0.2) is 54.6 Å². The number of rotatable bonds is 6. The Morgan fingerprint density at radius 2 is 2.00 bits per heavy atom. The molecule has 0 radical (unpaired) electrons. The second-order valence-electron chi connectivity index (χ2n) is 6.11. The number of hydrogen-bond donors (Lipinski definition) is 1. The summed E-state index contributed by atoms with van der Waals surface area (Å²) in [6.07, 6.45) is 1.47. The van der Waals surface area contributed by atoms with Crippen LogP contribution in [0.2, 0.25) is 0 Å². The SMILES string of the molecule is COc1cccc(C(=O)N[C@H](CN2CCCC2=O)c2ccccc2)c1. The van der Waals surface area contributed by atoms with Crippen molar-refractivity contribution in [2.75, 3.05) is 20.2 Å². The van der Waals surface area contributed by atoms with Gasteiger partial charge < -0.3 is 15.0 Å². The van der Waals surface area contributed by atoms with E-state index in [-0.39, 0.29) is 17.9 Å². The lowest BCUT2D eigenvalue weighted by Crippen LogP contribution is -2.38. The molecule has 0 bridgehead atoms. The number of carbonyl (C=O) groups excluding carboxylic acids is 2. The van der Waals surface area contributed by atoms with Crippen molar-refractivity contribution in [1.82, 2.24) is 10.2 Å². The van der Waals surface area contributed by atoms with E-state index >= 15 is 0 Å². The summed E-state index contributed by atoms with van der Waals surface area (Å²) >= 11 is 0. The summed E-state index contributed by atoms with van der Waals surface area (Å²) in [4.78, 5) is 26.5. The monoisotopic (exact) mass is 338 g/mol. The van der Waals surface area contributed by atoms with Crippen molar-refractivity contribution >= 4 is 11.8 Å². The van der Waals surface area contributed by atoms with Gasteiger partial charge in [-0.1, -0.05) is 36.4 Å². The number of nitrogens with one attached hydrogen (secondary N) is 1. The van der Waals surface area contributed by atoms with Gasteiger partial charge >= 0.3 is 0 Å². The number of carbonyl (C=O) groups is 2. The van der Waals surface area contributed by atoms with E-state index in [1.807, 2.05) is 35.2 Å². The van der Waals surface area contributed by atoms with Crippen molar-refractivity contribution < 1.29 is 14.3 Å². The lowest BCUT2D eigenvalue weighted by molar-refractivity contribution is -0.128. The summed E-state index contributed by atoms with van der Waals surface area (Å²) in [5.41, 5.74) is 1.52. The second kappa shape index (κ2) is 7.83. The van der Waals surface area contributed by atoms with Crippen molar-refractivity contribution in [1.29, 1.82) is 0 Å². The van der Waals surface area contributed by atoms with Crippen LogP contribution in [0.1, 0.15) is 34.8 Å². The molecule has 0 aromatic heterocycles. The first-order valence-corrected chi connectivity index (χ1v) is 8.45. The van der Waals surface area contributed by atoms with E-state index in [1.165, 1.54) is 0 Å². The molecule has 1 aliphatic rings. The second-order valence-corrected chi connectivity index (χ2v) is 6.11. The van der Waals surface area contributed by atoms with E-state index < -0.39 is 0 Å². The van der Waals surface area contributed by atoms with Crippen molar-refractivity contribution in [2.45, 2.75) is 18.9 Å². The maximum absolute atomic E-state index is 12.7. The van der Waals surface area contributed by atoms with E-state index in [1.54, 1.807) is 31.4 Å². The molecule has 5 nitrogen and oxygen atoms in total. The zero-order valence-corrected chi connectivity index (χ0v) is 14.3. The number of nitrogens with zero attached hydrogens (tertiary/aromatic N) is 1. The van der Waals surface area contributed by atoms with Crippen molar-refractivity contribution in [3.8, 4) is 5.75 Å². The van der Waals surface area contributed by atoms with Crippen molar-refractivity contribution in [3.05, 3.63) is 65.7 Å². The molecule has 1 N–H and O–H groups in total. The Kier molecular flexibility index (Phi) is 5.33. The largest absolute Gasteiger partial charge is 0.497 e. The summed E-state index contributed by atoms with van der Waals surface area (Å²) in [7, 11) is 1.57. The van der Waals surface area contributed by atoms with Gasteiger partial charge in [-0.05, 0) is 30.2 Å². The fourth-order valence-electron chi connectivity index (χ4n) is 3.04. The molecule has 0 unspecified atom stereocenters. The van der Waals surface area contributed by atoms with Gasteiger partial charge in [0.15, 0.2) is 0 Å². The molecular weight excluding hydrogens is 316 g/mol. The Labute approximate surface area is 147 Å². The molecule has 5 heteroatoms. The highest BCUT2D eigenvalue weighted by Gasteiger charge is 2.25. The first kappa shape index (κ1) is 17.0. The van der Waals surface area contributed by atoms with Gasteiger partial charge in [0.1, 0.15) is 5.75 Å². The van der Waals surface area contributed by atoms with E-state index in [2.05, 4.69) is 5.32 Å². The van der Waals surface area contributed by atoms with E-state index in [0.717, 1.165) is 18.5 Å². The highest BCUT2D eigenvalue weighted by atomic mass is 16.5. The predicted molar refractivity (Wildman–Crippen MR) is 95.5 cm³/mol. The Hall–Kier alpha value is -2.82. The molecule has 0 spiro atoms. The van der Waals surface area contributed by atoms with Crippen molar-refractivity contribution in [3.63, 3.8) is 0 Å². The fourth-order valence-corrected chi connectivity index (χ4v) is 3.04.